The van der Waals surface area contributed by atoms with E-state index in [1.165, 1.54) is 11.4 Å². The molecule has 0 radical (unpaired) electrons. The van der Waals surface area contributed by atoms with Gasteiger partial charge in [-0.05, 0) is 38.8 Å². The highest BCUT2D eigenvalue weighted by atomic mass is 32.2. The number of carbonyl (C=O) groups excluding carboxylic acids is 1. The second-order valence-electron chi connectivity index (χ2n) is 6.74. The van der Waals surface area contributed by atoms with Crippen molar-refractivity contribution in [1.29, 1.82) is 0 Å². The Morgan fingerprint density at radius 1 is 1.07 bits per heavy atom. The van der Waals surface area contributed by atoms with Crippen LogP contribution in [0.1, 0.15) is 47.4 Å². The second kappa shape index (κ2) is 7.82. The molecule has 1 aromatic heterocycles. The van der Waals surface area contributed by atoms with Gasteiger partial charge in [-0.25, -0.2) is 8.42 Å². The number of methoxy groups -OCH3 is 1. The molecule has 7 nitrogen and oxygen atoms in total. The molecule has 0 unspecified atom stereocenters. The van der Waals surface area contributed by atoms with Crippen molar-refractivity contribution in [2.24, 2.45) is 0 Å². The number of para-hydroxylation sites is 1. The lowest BCUT2D eigenvalue weighted by Gasteiger charge is -2.20. The lowest BCUT2D eigenvalue weighted by atomic mass is 10.2. The molecule has 8 heteroatoms. The molecule has 1 aliphatic rings. The van der Waals surface area contributed by atoms with Gasteiger partial charge in [-0.2, -0.15) is 14.1 Å². The summed E-state index contributed by atoms with van der Waals surface area (Å²) in [6, 6.07) is 6.83. The first kappa shape index (κ1) is 19.6. The van der Waals surface area contributed by atoms with Gasteiger partial charge in [0.1, 0.15) is 10.6 Å². The number of hydrogen-bond acceptors (Lipinski definition) is 5. The Morgan fingerprint density at radius 3 is 2.33 bits per heavy atom. The molecular weight excluding hydrogens is 366 g/mol. The maximum atomic E-state index is 13.2. The Labute approximate surface area is 160 Å². The Balaban J connectivity index is 2.03. The molecule has 1 saturated heterocycles. The molecule has 0 bridgehead atoms. The van der Waals surface area contributed by atoms with E-state index in [0.29, 0.717) is 35.8 Å². The summed E-state index contributed by atoms with van der Waals surface area (Å²) >= 11 is 0. The van der Waals surface area contributed by atoms with E-state index in [1.54, 1.807) is 38.1 Å². The van der Waals surface area contributed by atoms with Gasteiger partial charge in [0.25, 0.3) is 5.91 Å². The molecular formula is C19H25N3O4S. The number of aryl methyl sites for hydroxylation is 1. The zero-order chi connectivity index (χ0) is 19.6. The van der Waals surface area contributed by atoms with E-state index < -0.39 is 15.9 Å². The molecule has 1 aromatic carbocycles. The molecule has 1 fully saturated rings. The van der Waals surface area contributed by atoms with Crippen LogP contribution < -0.4 is 4.74 Å². The van der Waals surface area contributed by atoms with Crippen LogP contribution in [0, 0.1) is 13.8 Å². The Morgan fingerprint density at radius 2 is 1.70 bits per heavy atom. The third kappa shape index (κ3) is 3.64. The second-order valence-corrected chi connectivity index (χ2v) is 8.61. The van der Waals surface area contributed by atoms with Crippen molar-refractivity contribution in [3.63, 3.8) is 0 Å². The number of aromatic nitrogens is 2. The number of sulfonamides is 1. The summed E-state index contributed by atoms with van der Waals surface area (Å²) in [7, 11) is -2.20. The first-order valence-corrected chi connectivity index (χ1v) is 10.6. The van der Waals surface area contributed by atoms with E-state index >= 15 is 0 Å². The van der Waals surface area contributed by atoms with Gasteiger partial charge in [0.2, 0.25) is 10.0 Å². The zero-order valence-electron chi connectivity index (χ0n) is 15.9. The summed E-state index contributed by atoms with van der Waals surface area (Å²) in [6.45, 7) is 4.27. The maximum absolute atomic E-state index is 13.2. The standard InChI is InChI=1S/C19H25N3O4S/c1-14-18(27(24,25)21-12-8-4-5-9-13-21)15(2)22(20-14)19(23)16-10-6-7-11-17(16)26-3/h6-7,10-11H,4-5,8-9,12-13H2,1-3H3. The lowest BCUT2D eigenvalue weighted by Crippen LogP contribution is -2.32. The van der Waals surface area contributed by atoms with Crippen LogP contribution in [0.2, 0.25) is 0 Å². The smallest absolute Gasteiger partial charge is 0.282 e. The van der Waals surface area contributed by atoms with E-state index in [2.05, 4.69) is 5.10 Å². The van der Waals surface area contributed by atoms with Gasteiger partial charge in [-0.1, -0.05) is 25.0 Å². The van der Waals surface area contributed by atoms with E-state index in [4.69, 9.17) is 4.74 Å². The number of nitrogens with zero attached hydrogens (tertiary/aromatic N) is 3. The number of carbonyl (C=O) groups is 1. The number of ether oxygens (including phenoxy) is 1. The van der Waals surface area contributed by atoms with E-state index in [0.717, 1.165) is 30.4 Å². The molecule has 0 saturated carbocycles. The van der Waals surface area contributed by atoms with Crippen molar-refractivity contribution in [3.05, 3.63) is 41.2 Å². The molecule has 1 aliphatic heterocycles. The molecule has 2 heterocycles. The predicted molar refractivity (Wildman–Crippen MR) is 102 cm³/mol. The summed E-state index contributed by atoms with van der Waals surface area (Å²) in [6.07, 6.45) is 3.78. The van der Waals surface area contributed by atoms with Gasteiger partial charge in [-0.3, -0.25) is 4.79 Å². The minimum Gasteiger partial charge on any atom is -0.496 e. The minimum atomic E-state index is -3.69. The van der Waals surface area contributed by atoms with Gasteiger partial charge in [0.05, 0.1) is 24.1 Å². The van der Waals surface area contributed by atoms with Gasteiger partial charge < -0.3 is 4.74 Å². The van der Waals surface area contributed by atoms with Crippen molar-refractivity contribution < 1.29 is 17.9 Å². The molecule has 0 amide bonds. The molecule has 2 aromatic rings. The van der Waals surface area contributed by atoms with Crippen LogP contribution >= 0.6 is 0 Å². The van der Waals surface area contributed by atoms with Gasteiger partial charge in [0, 0.05) is 13.1 Å². The van der Waals surface area contributed by atoms with Crippen LogP contribution in [0.3, 0.4) is 0 Å². The quantitative estimate of drug-likeness (QED) is 0.800. The fourth-order valence-electron chi connectivity index (χ4n) is 3.55. The maximum Gasteiger partial charge on any atom is 0.282 e. The predicted octanol–water partition coefficient (Wildman–Crippen LogP) is 2.76. The van der Waals surface area contributed by atoms with Crippen molar-refractivity contribution >= 4 is 15.9 Å². The number of rotatable bonds is 4. The van der Waals surface area contributed by atoms with Gasteiger partial charge in [0.15, 0.2) is 0 Å². The number of hydrogen-bond donors (Lipinski definition) is 0. The Hall–Kier alpha value is -2.19. The summed E-state index contributed by atoms with van der Waals surface area (Å²) in [5.41, 5.74) is 0.997. The molecule has 146 valence electrons. The summed E-state index contributed by atoms with van der Waals surface area (Å²) in [5, 5.41) is 4.25. The molecule has 27 heavy (non-hydrogen) atoms. The molecule has 0 atom stereocenters. The highest BCUT2D eigenvalue weighted by Crippen LogP contribution is 2.27. The minimum absolute atomic E-state index is 0.132. The normalized spacial score (nSPS) is 16.1. The number of benzene rings is 1. The fourth-order valence-corrected chi connectivity index (χ4v) is 5.42. The Kier molecular flexibility index (Phi) is 5.67. The van der Waals surface area contributed by atoms with Crippen molar-refractivity contribution in [1.82, 2.24) is 14.1 Å². The van der Waals surface area contributed by atoms with Crippen LogP contribution in [-0.4, -0.2) is 48.6 Å². The van der Waals surface area contributed by atoms with Crippen LogP contribution in [-0.2, 0) is 10.0 Å². The average Bonchev–Trinajstić information content (AvgIpc) is 2.84. The first-order valence-electron chi connectivity index (χ1n) is 9.12. The summed E-state index contributed by atoms with van der Waals surface area (Å²) in [5.74, 6) is 0.0114. The van der Waals surface area contributed by atoms with Crippen LogP contribution in [0.5, 0.6) is 5.75 Å². The van der Waals surface area contributed by atoms with Crippen molar-refractivity contribution in [2.75, 3.05) is 20.2 Å². The highest BCUT2D eigenvalue weighted by Gasteiger charge is 2.32. The van der Waals surface area contributed by atoms with Crippen LogP contribution in [0.25, 0.3) is 0 Å². The SMILES string of the molecule is COc1ccccc1C(=O)n1nc(C)c(S(=O)(=O)N2CCCCCC2)c1C. The molecule has 3 rings (SSSR count). The summed E-state index contributed by atoms with van der Waals surface area (Å²) in [4.78, 5) is 13.1. The third-order valence-electron chi connectivity index (χ3n) is 4.92. The first-order chi connectivity index (χ1) is 12.9. The Bertz CT molecular complexity index is 942. The molecule has 0 N–H and O–H groups in total. The fraction of sp³-hybridized carbons (Fsp3) is 0.474. The van der Waals surface area contributed by atoms with E-state index in [9.17, 15) is 13.2 Å². The third-order valence-corrected chi connectivity index (χ3v) is 7.07. The van der Waals surface area contributed by atoms with Gasteiger partial charge >= 0.3 is 0 Å². The largest absolute Gasteiger partial charge is 0.496 e. The topological polar surface area (TPSA) is 81.5 Å². The van der Waals surface area contributed by atoms with Crippen LogP contribution in [0.15, 0.2) is 29.2 Å². The molecule has 0 spiro atoms. The van der Waals surface area contributed by atoms with Gasteiger partial charge in [-0.15, -0.1) is 0 Å². The zero-order valence-corrected chi connectivity index (χ0v) is 16.8. The van der Waals surface area contributed by atoms with E-state index in [-0.39, 0.29) is 4.90 Å². The lowest BCUT2D eigenvalue weighted by molar-refractivity contribution is 0.0939. The van der Waals surface area contributed by atoms with Crippen molar-refractivity contribution in [3.8, 4) is 5.75 Å². The highest BCUT2D eigenvalue weighted by molar-refractivity contribution is 7.89. The van der Waals surface area contributed by atoms with Crippen LogP contribution in [0.4, 0.5) is 0 Å². The average molecular weight is 391 g/mol. The van der Waals surface area contributed by atoms with Crippen molar-refractivity contribution in [2.45, 2.75) is 44.4 Å². The monoisotopic (exact) mass is 391 g/mol. The summed E-state index contributed by atoms with van der Waals surface area (Å²) < 4.78 is 34.4. The van der Waals surface area contributed by atoms with E-state index in [1.807, 2.05) is 0 Å². The molecule has 0 aliphatic carbocycles.